The minimum absolute atomic E-state index is 0.0624. The minimum Gasteiger partial charge on any atom is -0.480 e. The Kier molecular flexibility index (Phi) is 5.33. The zero-order chi connectivity index (χ0) is 22.3. The van der Waals surface area contributed by atoms with Crippen molar-refractivity contribution in [2.45, 2.75) is 36.8 Å². The highest BCUT2D eigenvalue weighted by Crippen LogP contribution is 2.44. The lowest BCUT2D eigenvalue weighted by atomic mass is 9.75. The van der Waals surface area contributed by atoms with Crippen LogP contribution in [0.3, 0.4) is 0 Å². The highest BCUT2D eigenvalue weighted by Gasteiger charge is 2.51. The number of hydrogen-bond donors (Lipinski definition) is 2. The number of carboxylic acids is 1. The molecular formula is C24H24N2O5S. The molecule has 166 valence electrons. The Labute approximate surface area is 190 Å². The predicted molar refractivity (Wildman–Crippen MR) is 120 cm³/mol. The molecule has 3 aliphatic rings. The normalized spacial score (nSPS) is 20.8. The van der Waals surface area contributed by atoms with Crippen LogP contribution in [0.5, 0.6) is 0 Å². The number of amides is 2. The third-order valence-electron chi connectivity index (χ3n) is 6.73. The van der Waals surface area contributed by atoms with E-state index in [-0.39, 0.29) is 18.4 Å². The largest absolute Gasteiger partial charge is 0.480 e. The van der Waals surface area contributed by atoms with E-state index < -0.39 is 23.6 Å². The molecular weight excluding hydrogens is 428 g/mol. The zero-order valence-corrected chi connectivity index (χ0v) is 18.3. The summed E-state index contributed by atoms with van der Waals surface area (Å²) in [6.45, 7) is 0.168. The smallest absolute Gasteiger partial charge is 0.408 e. The number of thioether (sulfide) groups is 1. The number of carbonyl (C=O) groups excluding carboxylic acids is 2. The van der Waals surface area contributed by atoms with Crippen molar-refractivity contribution in [1.29, 1.82) is 0 Å². The van der Waals surface area contributed by atoms with Crippen molar-refractivity contribution >= 4 is 29.7 Å². The second-order valence-corrected chi connectivity index (χ2v) is 9.51. The van der Waals surface area contributed by atoms with Crippen LogP contribution < -0.4 is 5.32 Å². The molecule has 0 radical (unpaired) electrons. The Bertz CT molecular complexity index is 1040. The fraction of sp³-hybridized carbons (Fsp3) is 0.375. The summed E-state index contributed by atoms with van der Waals surface area (Å²) in [5, 5.41) is 12.2. The van der Waals surface area contributed by atoms with E-state index in [1.165, 1.54) is 16.7 Å². The minimum atomic E-state index is -1.07. The van der Waals surface area contributed by atoms with E-state index in [1.54, 1.807) is 0 Å². The van der Waals surface area contributed by atoms with Gasteiger partial charge in [0.25, 0.3) is 0 Å². The molecule has 0 bridgehead atoms. The molecule has 1 saturated heterocycles. The molecule has 2 fully saturated rings. The molecule has 2 aromatic rings. The highest BCUT2D eigenvalue weighted by atomic mass is 32.2. The van der Waals surface area contributed by atoms with Gasteiger partial charge in [-0.2, -0.15) is 0 Å². The maximum atomic E-state index is 13.2. The molecule has 2 N–H and O–H groups in total. The maximum absolute atomic E-state index is 13.2. The summed E-state index contributed by atoms with van der Waals surface area (Å²) in [5.74, 6) is -0.715. The van der Waals surface area contributed by atoms with E-state index in [0.717, 1.165) is 28.7 Å². The van der Waals surface area contributed by atoms with Crippen LogP contribution in [0, 0.1) is 0 Å². The van der Waals surface area contributed by atoms with Gasteiger partial charge in [0, 0.05) is 11.7 Å². The van der Waals surface area contributed by atoms with E-state index in [2.05, 4.69) is 29.6 Å². The molecule has 0 aromatic heterocycles. The van der Waals surface area contributed by atoms with Gasteiger partial charge in [-0.25, -0.2) is 9.59 Å². The number of hydrogen-bond acceptors (Lipinski definition) is 5. The van der Waals surface area contributed by atoms with Crippen molar-refractivity contribution in [3.8, 4) is 11.1 Å². The van der Waals surface area contributed by atoms with Crippen molar-refractivity contribution in [2.75, 3.05) is 18.2 Å². The molecule has 1 aliphatic heterocycles. The Hall–Kier alpha value is -3.00. The number of carboxylic acid groups (broad SMARTS) is 1. The lowest BCUT2D eigenvalue weighted by molar-refractivity contribution is -0.152. The highest BCUT2D eigenvalue weighted by molar-refractivity contribution is 7.99. The molecule has 2 aromatic carbocycles. The van der Waals surface area contributed by atoms with Crippen LogP contribution in [0.15, 0.2) is 48.5 Å². The number of aliphatic carboxylic acids is 1. The summed E-state index contributed by atoms with van der Waals surface area (Å²) < 4.78 is 5.62. The summed E-state index contributed by atoms with van der Waals surface area (Å²) in [7, 11) is 0. The quantitative estimate of drug-likeness (QED) is 0.722. The number of nitrogens with one attached hydrogen (secondary N) is 1. The number of benzene rings is 2. The molecule has 1 saturated carbocycles. The molecule has 2 aliphatic carbocycles. The van der Waals surface area contributed by atoms with Gasteiger partial charge in [-0.3, -0.25) is 4.79 Å². The number of nitrogens with zero attached hydrogens (tertiary/aromatic N) is 1. The second kappa shape index (κ2) is 8.16. The summed E-state index contributed by atoms with van der Waals surface area (Å²) in [6, 6.07) is 15.3. The molecule has 32 heavy (non-hydrogen) atoms. The van der Waals surface area contributed by atoms with Crippen LogP contribution in [0.25, 0.3) is 11.1 Å². The SMILES string of the molecule is O=C(NC1(C(=O)N2CSC[C@H]2C(=O)O)CCC1)OCC1c2ccccc2-c2ccccc21. The first-order chi connectivity index (χ1) is 15.5. The van der Waals surface area contributed by atoms with E-state index >= 15 is 0 Å². The molecule has 1 atom stereocenters. The third-order valence-corrected chi connectivity index (χ3v) is 7.74. The summed E-state index contributed by atoms with van der Waals surface area (Å²) in [5.41, 5.74) is 3.47. The molecule has 0 spiro atoms. The topological polar surface area (TPSA) is 95.9 Å². The van der Waals surface area contributed by atoms with Gasteiger partial charge in [0.2, 0.25) is 5.91 Å². The van der Waals surface area contributed by atoms with E-state index in [0.29, 0.717) is 24.5 Å². The van der Waals surface area contributed by atoms with E-state index in [4.69, 9.17) is 4.74 Å². The number of carbonyl (C=O) groups is 3. The van der Waals surface area contributed by atoms with Crippen molar-refractivity contribution in [3.05, 3.63) is 59.7 Å². The summed E-state index contributed by atoms with van der Waals surface area (Å²) in [6.07, 6.45) is 1.14. The third kappa shape index (κ3) is 3.43. The van der Waals surface area contributed by atoms with Crippen LogP contribution in [-0.4, -0.2) is 57.8 Å². The maximum Gasteiger partial charge on any atom is 0.408 e. The molecule has 7 nitrogen and oxygen atoms in total. The first kappa shape index (κ1) is 20.9. The second-order valence-electron chi connectivity index (χ2n) is 8.52. The van der Waals surface area contributed by atoms with Crippen molar-refractivity contribution in [1.82, 2.24) is 10.2 Å². The average Bonchev–Trinajstić information content (AvgIpc) is 3.38. The van der Waals surface area contributed by atoms with Gasteiger partial charge < -0.3 is 20.1 Å². The fourth-order valence-electron chi connectivity index (χ4n) is 4.87. The standard InChI is InChI=1S/C24H24N2O5S/c27-21(28)20-13-32-14-26(20)22(29)24(10-5-11-24)25-23(30)31-12-19-17-8-3-1-6-15(17)16-7-2-4-9-18(16)19/h1-4,6-9,19-20H,5,10-14H2,(H,25,30)(H,27,28)/t20-/m0/s1. The van der Waals surface area contributed by atoms with Gasteiger partial charge in [0.05, 0.1) is 5.88 Å². The number of rotatable bonds is 5. The average molecular weight is 453 g/mol. The van der Waals surface area contributed by atoms with Gasteiger partial charge in [-0.1, -0.05) is 48.5 Å². The summed E-state index contributed by atoms with van der Waals surface area (Å²) >= 11 is 1.41. The number of fused-ring (bicyclic) bond motifs is 3. The Balaban J connectivity index is 1.28. The summed E-state index contributed by atoms with van der Waals surface area (Å²) in [4.78, 5) is 38.8. The van der Waals surface area contributed by atoms with Gasteiger partial charge >= 0.3 is 12.1 Å². The first-order valence-electron chi connectivity index (χ1n) is 10.7. The Morgan fingerprint density at radius 1 is 1.06 bits per heavy atom. The number of ether oxygens (including phenoxy) is 1. The molecule has 0 unspecified atom stereocenters. The molecule has 5 rings (SSSR count). The van der Waals surface area contributed by atoms with Gasteiger partial charge in [0.15, 0.2) is 0 Å². The number of alkyl carbamates (subject to hydrolysis) is 1. The van der Waals surface area contributed by atoms with E-state index in [1.807, 2.05) is 24.3 Å². The lowest BCUT2D eigenvalue weighted by Crippen LogP contribution is -2.64. The van der Waals surface area contributed by atoms with Gasteiger partial charge in [-0.05, 0) is 41.5 Å². The predicted octanol–water partition coefficient (Wildman–Crippen LogP) is 3.43. The Morgan fingerprint density at radius 2 is 1.69 bits per heavy atom. The lowest BCUT2D eigenvalue weighted by Gasteiger charge is -2.43. The fourth-order valence-corrected chi connectivity index (χ4v) is 6.02. The monoisotopic (exact) mass is 452 g/mol. The van der Waals surface area contributed by atoms with Crippen LogP contribution in [0.1, 0.15) is 36.3 Å². The van der Waals surface area contributed by atoms with Crippen molar-refractivity contribution in [2.24, 2.45) is 0 Å². The van der Waals surface area contributed by atoms with Crippen LogP contribution in [-0.2, 0) is 14.3 Å². The van der Waals surface area contributed by atoms with Gasteiger partial charge in [-0.15, -0.1) is 11.8 Å². The van der Waals surface area contributed by atoms with Crippen LogP contribution in [0.4, 0.5) is 4.79 Å². The van der Waals surface area contributed by atoms with Crippen molar-refractivity contribution < 1.29 is 24.2 Å². The zero-order valence-electron chi connectivity index (χ0n) is 17.5. The van der Waals surface area contributed by atoms with Crippen LogP contribution >= 0.6 is 11.8 Å². The van der Waals surface area contributed by atoms with Crippen molar-refractivity contribution in [3.63, 3.8) is 0 Å². The molecule has 1 heterocycles. The molecule has 8 heteroatoms. The first-order valence-corrected chi connectivity index (χ1v) is 11.9. The van der Waals surface area contributed by atoms with E-state index in [9.17, 15) is 19.5 Å². The molecule has 2 amide bonds. The van der Waals surface area contributed by atoms with Gasteiger partial charge in [0.1, 0.15) is 18.2 Å². The Morgan fingerprint density at radius 3 is 2.25 bits per heavy atom. The van der Waals surface area contributed by atoms with Crippen LogP contribution in [0.2, 0.25) is 0 Å².